The number of rotatable bonds is 7. The van der Waals surface area contributed by atoms with Gasteiger partial charge in [-0.3, -0.25) is 14.4 Å². The smallest absolute Gasteiger partial charge is 0.351 e. The summed E-state index contributed by atoms with van der Waals surface area (Å²) >= 11 is 0. The van der Waals surface area contributed by atoms with E-state index < -0.39 is 17.8 Å². The van der Waals surface area contributed by atoms with Crippen LogP contribution in [0.2, 0.25) is 0 Å². The predicted octanol–water partition coefficient (Wildman–Crippen LogP) is 2.38. The van der Waals surface area contributed by atoms with Crippen molar-refractivity contribution in [2.75, 3.05) is 39.3 Å². The number of carbonyl (C=O) groups excluding carboxylic acids is 1. The number of nitrogens with zero attached hydrogens (tertiary/aromatic N) is 4. The third kappa shape index (κ3) is 6.04. The Hall–Kier alpha value is -2.39. The number of nitrogens with one attached hydrogen (secondary N) is 1. The molecule has 0 saturated carbocycles. The van der Waals surface area contributed by atoms with Crippen LogP contribution in [0.3, 0.4) is 0 Å². The molecule has 0 bridgehead atoms. The van der Waals surface area contributed by atoms with Crippen molar-refractivity contribution in [3.63, 3.8) is 0 Å². The molecule has 2 aromatic rings. The predicted molar refractivity (Wildman–Crippen MR) is 103 cm³/mol. The van der Waals surface area contributed by atoms with Crippen molar-refractivity contribution in [3.8, 4) is 0 Å². The van der Waals surface area contributed by atoms with E-state index in [4.69, 9.17) is 0 Å². The molecular weight excluding hydrogens is 383 g/mol. The van der Waals surface area contributed by atoms with Crippen LogP contribution in [0, 0.1) is 0 Å². The second-order valence-corrected chi connectivity index (χ2v) is 7.25. The van der Waals surface area contributed by atoms with E-state index in [1.54, 1.807) is 0 Å². The van der Waals surface area contributed by atoms with Gasteiger partial charge in [-0.05, 0) is 18.5 Å². The van der Waals surface area contributed by atoms with Crippen molar-refractivity contribution < 1.29 is 18.0 Å². The van der Waals surface area contributed by atoms with Gasteiger partial charge in [-0.15, -0.1) is 0 Å². The van der Waals surface area contributed by atoms with Crippen LogP contribution in [-0.2, 0) is 19.8 Å². The van der Waals surface area contributed by atoms with Crippen LogP contribution >= 0.6 is 0 Å². The van der Waals surface area contributed by atoms with E-state index in [1.165, 1.54) is 12.6 Å². The van der Waals surface area contributed by atoms with E-state index >= 15 is 0 Å². The minimum absolute atomic E-state index is 0.214. The summed E-state index contributed by atoms with van der Waals surface area (Å²) in [5.74, 6) is -0.580. The molecule has 1 aromatic carbocycles. The molecule has 1 N–H and O–H groups in total. The number of carbonyl (C=O) groups is 1. The van der Waals surface area contributed by atoms with Gasteiger partial charge in [-0.25, -0.2) is 0 Å². The van der Waals surface area contributed by atoms with E-state index in [0.717, 1.165) is 51.8 Å². The fourth-order valence-corrected chi connectivity index (χ4v) is 3.45. The molecule has 0 spiro atoms. The van der Waals surface area contributed by atoms with Crippen LogP contribution in [-0.4, -0.2) is 64.8 Å². The number of halogens is 3. The topological polar surface area (TPSA) is 53.4 Å². The maximum absolute atomic E-state index is 12.8. The van der Waals surface area contributed by atoms with E-state index in [9.17, 15) is 18.0 Å². The lowest BCUT2D eigenvalue weighted by molar-refractivity contribution is -0.143. The summed E-state index contributed by atoms with van der Waals surface area (Å²) in [7, 11) is 1.18. The summed E-state index contributed by atoms with van der Waals surface area (Å²) in [5, 5.41) is 6.31. The summed E-state index contributed by atoms with van der Waals surface area (Å²) in [6.45, 7) is 6.13. The average molecular weight is 409 g/mol. The standard InChI is InChI=1S/C20H26F3N5O/c1-26-18(20(21,22)23)14-17(25-26)19(29)24-8-5-9-27-10-12-28(13-11-27)15-16-6-3-2-4-7-16/h2-4,6-7,14H,5,8-13,15H2,1H3,(H,24,29). The zero-order valence-electron chi connectivity index (χ0n) is 16.5. The highest BCUT2D eigenvalue weighted by Gasteiger charge is 2.35. The first-order valence-corrected chi connectivity index (χ1v) is 9.71. The largest absolute Gasteiger partial charge is 0.433 e. The molecule has 0 unspecified atom stereocenters. The van der Waals surface area contributed by atoms with E-state index in [0.29, 0.717) is 11.2 Å². The Morgan fingerprint density at radius 2 is 1.76 bits per heavy atom. The summed E-state index contributed by atoms with van der Waals surface area (Å²) in [6, 6.07) is 11.2. The van der Waals surface area contributed by atoms with Gasteiger partial charge in [0.2, 0.25) is 0 Å². The zero-order valence-corrected chi connectivity index (χ0v) is 16.5. The van der Waals surface area contributed by atoms with Crippen LogP contribution in [0.25, 0.3) is 0 Å². The monoisotopic (exact) mass is 409 g/mol. The molecule has 3 rings (SSSR count). The van der Waals surface area contributed by atoms with Gasteiger partial charge in [-0.2, -0.15) is 18.3 Å². The maximum atomic E-state index is 12.8. The Balaban J connectivity index is 1.34. The van der Waals surface area contributed by atoms with Crippen LogP contribution in [0.1, 0.15) is 28.2 Å². The molecule has 1 fully saturated rings. The van der Waals surface area contributed by atoms with Gasteiger partial charge in [0.1, 0.15) is 5.69 Å². The molecule has 1 aliphatic heterocycles. The van der Waals surface area contributed by atoms with E-state index in [1.807, 2.05) is 6.07 Å². The average Bonchev–Trinajstić information content (AvgIpc) is 3.09. The SMILES string of the molecule is Cn1nc(C(=O)NCCCN2CCN(Cc3ccccc3)CC2)cc1C(F)(F)F. The van der Waals surface area contributed by atoms with Crippen LogP contribution in [0.4, 0.5) is 13.2 Å². The molecule has 0 aliphatic carbocycles. The lowest BCUT2D eigenvalue weighted by Gasteiger charge is -2.34. The fourth-order valence-electron chi connectivity index (χ4n) is 3.45. The Morgan fingerprint density at radius 3 is 2.38 bits per heavy atom. The second-order valence-electron chi connectivity index (χ2n) is 7.25. The number of hydrogen-bond donors (Lipinski definition) is 1. The van der Waals surface area contributed by atoms with Crippen molar-refractivity contribution in [2.45, 2.75) is 19.1 Å². The van der Waals surface area contributed by atoms with Gasteiger partial charge in [0.25, 0.3) is 5.91 Å². The van der Waals surface area contributed by atoms with Gasteiger partial charge in [-0.1, -0.05) is 30.3 Å². The molecule has 2 heterocycles. The number of benzene rings is 1. The number of alkyl halides is 3. The fraction of sp³-hybridized carbons (Fsp3) is 0.500. The molecular formula is C20H26F3N5O. The van der Waals surface area contributed by atoms with Crippen LogP contribution in [0.5, 0.6) is 0 Å². The summed E-state index contributed by atoms with van der Waals surface area (Å²) in [5.41, 5.74) is 0.164. The summed E-state index contributed by atoms with van der Waals surface area (Å²) < 4.78 is 39.0. The molecule has 0 radical (unpaired) electrons. The number of aromatic nitrogens is 2. The van der Waals surface area contributed by atoms with Crippen molar-refractivity contribution in [3.05, 3.63) is 53.3 Å². The normalized spacial score (nSPS) is 16.1. The first-order chi connectivity index (χ1) is 13.8. The van der Waals surface area contributed by atoms with Crippen LogP contribution < -0.4 is 5.32 Å². The van der Waals surface area contributed by atoms with E-state index in [-0.39, 0.29) is 5.69 Å². The Kier molecular flexibility index (Phi) is 6.92. The first-order valence-electron chi connectivity index (χ1n) is 9.71. The van der Waals surface area contributed by atoms with Gasteiger partial charge in [0.15, 0.2) is 5.69 Å². The summed E-state index contributed by atoms with van der Waals surface area (Å²) in [6.07, 6.45) is -3.79. The minimum Gasteiger partial charge on any atom is -0.351 e. The minimum atomic E-state index is -4.52. The highest BCUT2D eigenvalue weighted by atomic mass is 19.4. The molecule has 1 saturated heterocycles. The van der Waals surface area contributed by atoms with Gasteiger partial charge >= 0.3 is 6.18 Å². The molecule has 1 amide bonds. The summed E-state index contributed by atoms with van der Waals surface area (Å²) in [4.78, 5) is 16.8. The maximum Gasteiger partial charge on any atom is 0.433 e. The third-order valence-electron chi connectivity index (χ3n) is 5.05. The Bertz CT molecular complexity index is 798. The van der Waals surface area contributed by atoms with Crippen molar-refractivity contribution in [1.82, 2.24) is 24.9 Å². The highest BCUT2D eigenvalue weighted by Crippen LogP contribution is 2.29. The van der Waals surface area contributed by atoms with Crippen molar-refractivity contribution >= 4 is 5.91 Å². The second kappa shape index (κ2) is 9.41. The molecule has 29 heavy (non-hydrogen) atoms. The van der Waals surface area contributed by atoms with Gasteiger partial charge in [0.05, 0.1) is 0 Å². The molecule has 0 atom stereocenters. The lowest BCUT2D eigenvalue weighted by Crippen LogP contribution is -2.46. The quantitative estimate of drug-likeness (QED) is 0.714. The number of aryl methyl sites for hydroxylation is 1. The molecule has 1 aromatic heterocycles. The van der Waals surface area contributed by atoms with Crippen molar-refractivity contribution in [1.29, 1.82) is 0 Å². The molecule has 1 aliphatic rings. The number of amides is 1. The number of piperazine rings is 1. The zero-order chi connectivity index (χ0) is 20.9. The highest BCUT2D eigenvalue weighted by molar-refractivity contribution is 5.92. The Morgan fingerprint density at radius 1 is 1.10 bits per heavy atom. The van der Waals surface area contributed by atoms with E-state index in [2.05, 4.69) is 44.5 Å². The van der Waals surface area contributed by atoms with Gasteiger partial charge in [0, 0.05) is 52.4 Å². The molecule has 158 valence electrons. The number of hydrogen-bond acceptors (Lipinski definition) is 4. The molecule has 9 heteroatoms. The molecule has 6 nitrogen and oxygen atoms in total. The van der Waals surface area contributed by atoms with Gasteiger partial charge < -0.3 is 10.2 Å². The van der Waals surface area contributed by atoms with Crippen molar-refractivity contribution in [2.24, 2.45) is 7.05 Å². The third-order valence-corrected chi connectivity index (χ3v) is 5.05. The first kappa shape index (κ1) is 21.3. The Labute approximate surface area is 168 Å². The lowest BCUT2D eigenvalue weighted by atomic mass is 10.2. The van der Waals surface area contributed by atoms with Crippen LogP contribution in [0.15, 0.2) is 36.4 Å².